The lowest BCUT2D eigenvalue weighted by Gasteiger charge is -2.32. The molecule has 180 valence electrons. The summed E-state index contributed by atoms with van der Waals surface area (Å²) in [7, 11) is -11.2. The van der Waals surface area contributed by atoms with E-state index in [-0.39, 0.29) is 5.91 Å². The van der Waals surface area contributed by atoms with Crippen molar-refractivity contribution in [1.82, 2.24) is 5.32 Å². The van der Waals surface area contributed by atoms with Crippen LogP contribution >= 0.6 is 0 Å². The highest BCUT2D eigenvalue weighted by Gasteiger charge is 2.46. The Balaban J connectivity index is 0. The number of halogens is 6. The maximum absolute atomic E-state index is 11.4. The molecule has 0 heterocycles. The van der Waals surface area contributed by atoms with E-state index < -0.39 is 31.1 Å². The van der Waals surface area contributed by atoms with Crippen molar-refractivity contribution in [3.05, 3.63) is 16.3 Å². The van der Waals surface area contributed by atoms with E-state index in [1.54, 1.807) is 6.92 Å². The fraction of sp³-hybridized carbons (Fsp3) is 0.786. The average molecular weight is 493 g/mol. The van der Waals surface area contributed by atoms with E-state index in [0.29, 0.717) is 5.57 Å². The molecule has 0 fully saturated rings. The van der Waals surface area contributed by atoms with Gasteiger partial charge in [-0.1, -0.05) is 6.58 Å². The molecule has 0 rings (SSSR count). The van der Waals surface area contributed by atoms with Gasteiger partial charge < -0.3 is 13.9 Å². The smallest absolute Gasteiger partial charge is 0.421 e. The van der Waals surface area contributed by atoms with Crippen molar-refractivity contribution < 1.29 is 52.5 Å². The Labute approximate surface area is 172 Å². The van der Waals surface area contributed by atoms with Crippen LogP contribution in [0.15, 0.2) is 12.2 Å². The summed E-state index contributed by atoms with van der Waals surface area (Å²) in [6.45, 7) is 13.9. The van der Waals surface area contributed by atoms with Gasteiger partial charge in [-0.05, 0) is 20.8 Å². The quantitative estimate of drug-likeness (QED) is 0.230. The molecular weight excluding hydrogens is 468 g/mol. The molecule has 0 spiro atoms. The van der Waals surface area contributed by atoms with Crippen molar-refractivity contribution in [3.63, 3.8) is 0 Å². The van der Waals surface area contributed by atoms with Crippen molar-refractivity contribution in [1.29, 1.82) is 0 Å². The summed E-state index contributed by atoms with van der Waals surface area (Å²) < 4.78 is 110. The second-order valence-electron chi connectivity index (χ2n) is 6.28. The molecule has 0 bridgehead atoms. The standard InChI is InChI=1S/C12H24N2O.C2F6NO4S2/c1-6-14(5,7-2)10-8-9-13-12(15)11(3)4;3-1(4,5)14(10,11)9-15(12,13)2(6,7)8/h3,6-10H2,1-2,4-5H3;/q;-1/p+1. The van der Waals surface area contributed by atoms with Crippen molar-refractivity contribution in [3.8, 4) is 0 Å². The first-order chi connectivity index (χ1) is 13.2. The van der Waals surface area contributed by atoms with Gasteiger partial charge in [0.05, 0.1) is 26.7 Å². The second-order valence-corrected chi connectivity index (χ2v) is 9.70. The van der Waals surface area contributed by atoms with E-state index >= 15 is 0 Å². The molecule has 0 aliphatic carbocycles. The maximum atomic E-state index is 11.4. The predicted octanol–water partition coefficient (Wildman–Crippen LogP) is 2.61. The minimum Gasteiger partial charge on any atom is -0.421 e. The highest BCUT2D eigenvalue weighted by molar-refractivity contribution is 8.13. The van der Waals surface area contributed by atoms with Crippen LogP contribution < -0.4 is 5.32 Å². The van der Waals surface area contributed by atoms with Gasteiger partial charge in [0, 0.05) is 18.5 Å². The van der Waals surface area contributed by atoms with E-state index in [1.165, 1.54) is 0 Å². The zero-order valence-corrected chi connectivity index (χ0v) is 18.4. The van der Waals surface area contributed by atoms with Crippen LogP contribution in [0.25, 0.3) is 4.13 Å². The SMILES string of the molecule is C=C(C)C(=O)NCCC[N+](C)(CC)CC.O=S(=O)([N-]S(=O)(=O)C(F)(F)F)C(F)(F)F. The predicted molar refractivity (Wildman–Crippen MR) is 97.9 cm³/mol. The number of sulfonamides is 2. The second kappa shape index (κ2) is 11.3. The number of amides is 1. The molecule has 0 unspecified atom stereocenters. The van der Waals surface area contributed by atoms with Crippen LogP contribution in [0.3, 0.4) is 0 Å². The number of rotatable bonds is 9. The third kappa shape index (κ3) is 10.6. The third-order valence-corrected chi connectivity index (χ3v) is 6.60. The first-order valence-electron chi connectivity index (χ1n) is 8.30. The van der Waals surface area contributed by atoms with Crippen molar-refractivity contribution in [2.45, 2.75) is 38.2 Å². The number of alkyl halides is 6. The summed E-state index contributed by atoms with van der Waals surface area (Å²) in [6.07, 6.45) is 1.02. The van der Waals surface area contributed by atoms with Crippen LogP contribution in [0.5, 0.6) is 0 Å². The Kier molecular flexibility index (Phi) is 11.6. The summed E-state index contributed by atoms with van der Waals surface area (Å²) in [5.74, 6) is -0.0304. The Morgan fingerprint density at radius 2 is 1.33 bits per heavy atom. The third-order valence-electron chi connectivity index (χ3n) is 3.86. The minimum atomic E-state index is -6.72. The number of quaternary nitrogens is 1. The lowest BCUT2D eigenvalue weighted by atomic mass is 10.3. The van der Waals surface area contributed by atoms with Crippen LogP contribution in [-0.4, -0.2) is 71.5 Å². The molecule has 0 aliphatic rings. The molecule has 0 saturated carbocycles. The molecule has 1 amide bonds. The highest BCUT2D eigenvalue weighted by Crippen LogP contribution is 2.36. The van der Waals surface area contributed by atoms with Crippen molar-refractivity contribution in [2.75, 3.05) is 33.2 Å². The van der Waals surface area contributed by atoms with Gasteiger partial charge in [-0.3, -0.25) is 4.79 Å². The fourth-order valence-corrected chi connectivity index (χ4v) is 3.28. The molecular formula is C14H25F6N3O5S2. The zero-order valence-electron chi connectivity index (χ0n) is 16.8. The largest absolute Gasteiger partial charge is 0.480 e. The molecule has 30 heavy (non-hydrogen) atoms. The Morgan fingerprint density at radius 3 is 1.60 bits per heavy atom. The number of hydrogen-bond donors (Lipinski definition) is 1. The van der Waals surface area contributed by atoms with E-state index in [4.69, 9.17) is 0 Å². The normalized spacial score (nSPS) is 13.3. The monoisotopic (exact) mass is 493 g/mol. The molecule has 0 aliphatic heterocycles. The van der Waals surface area contributed by atoms with Crippen LogP contribution in [0.4, 0.5) is 26.3 Å². The molecule has 0 aromatic carbocycles. The fourth-order valence-electron chi connectivity index (χ4n) is 1.57. The summed E-state index contributed by atoms with van der Waals surface area (Å²) in [5, 5.41) is 2.85. The van der Waals surface area contributed by atoms with Crippen LogP contribution in [0, 0.1) is 0 Å². The number of nitrogens with one attached hydrogen (secondary N) is 1. The summed E-state index contributed by atoms with van der Waals surface area (Å²) >= 11 is 0. The molecule has 1 N–H and O–H groups in total. The first kappa shape index (κ1) is 30.8. The maximum Gasteiger partial charge on any atom is 0.480 e. The molecule has 0 aromatic heterocycles. The van der Waals surface area contributed by atoms with Gasteiger partial charge in [-0.25, -0.2) is 16.8 Å². The van der Waals surface area contributed by atoms with E-state index in [0.717, 1.165) is 41.2 Å². The number of nitrogens with zero attached hydrogens (tertiary/aromatic N) is 2. The lowest BCUT2D eigenvalue weighted by Crippen LogP contribution is -2.45. The number of carbonyl (C=O) groups is 1. The highest BCUT2D eigenvalue weighted by atomic mass is 32.3. The van der Waals surface area contributed by atoms with Gasteiger partial charge in [0.2, 0.25) is 5.91 Å². The molecule has 0 radical (unpaired) electrons. The Bertz CT molecular complexity index is 746. The van der Waals surface area contributed by atoms with Crippen LogP contribution in [0.2, 0.25) is 0 Å². The average Bonchev–Trinajstić information content (AvgIpc) is 2.55. The molecule has 0 atom stereocenters. The molecule has 16 heteroatoms. The summed E-state index contributed by atoms with van der Waals surface area (Å²) in [6, 6.07) is 0. The van der Waals surface area contributed by atoms with Crippen LogP contribution in [0.1, 0.15) is 27.2 Å². The summed E-state index contributed by atoms with van der Waals surface area (Å²) in [5.41, 5.74) is -11.8. The molecule has 8 nitrogen and oxygen atoms in total. The van der Waals surface area contributed by atoms with E-state index in [1.807, 2.05) is 0 Å². The topological polar surface area (TPSA) is 111 Å². The Hall–Kier alpha value is -1.39. The van der Waals surface area contributed by atoms with Gasteiger partial charge in [-0.2, -0.15) is 26.3 Å². The van der Waals surface area contributed by atoms with Crippen molar-refractivity contribution >= 4 is 26.0 Å². The van der Waals surface area contributed by atoms with E-state index in [2.05, 4.69) is 32.8 Å². The number of carbonyl (C=O) groups excluding carboxylic acids is 1. The van der Waals surface area contributed by atoms with Crippen LogP contribution in [-0.2, 0) is 24.8 Å². The number of hydrogen-bond acceptors (Lipinski definition) is 5. The first-order valence-corrected chi connectivity index (χ1v) is 11.2. The zero-order chi connectivity index (χ0) is 24.6. The van der Waals surface area contributed by atoms with Gasteiger partial charge in [-0.15, -0.1) is 0 Å². The Morgan fingerprint density at radius 1 is 0.967 bits per heavy atom. The van der Waals surface area contributed by atoms with Crippen molar-refractivity contribution in [2.24, 2.45) is 0 Å². The lowest BCUT2D eigenvalue weighted by molar-refractivity contribution is -0.906. The van der Waals surface area contributed by atoms with Gasteiger partial charge in [0.15, 0.2) is 20.0 Å². The van der Waals surface area contributed by atoms with Gasteiger partial charge >= 0.3 is 11.0 Å². The summed E-state index contributed by atoms with van der Waals surface area (Å²) in [4.78, 5) is 11.2. The van der Waals surface area contributed by atoms with Gasteiger partial charge in [0.1, 0.15) is 0 Å². The minimum absolute atomic E-state index is 0.0304. The van der Waals surface area contributed by atoms with Gasteiger partial charge in [0.25, 0.3) is 0 Å². The van der Waals surface area contributed by atoms with E-state index in [9.17, 15) is 48.0 Å². The molecule has 0 aromatic rings. The molecule has 0 saturated heterocycles.